The highest BCUT2D eigenvalue weighted by Crippen LogP contribution is 2.25. The Morgan fingerprint density at radius 3 is 2.73 bits per heavy atom. The summed E-state index contributed by atoms with van der Waals surface area (Å²) >= 11 is 1.19. The fourth-order valence-electron chi connectivity index (χ4n) is 4.71. The third-order valence-electron chi connectivity index (χ3n) is 6.77. The minimum Gasteiger partial charge on any atom is -0.356 e. The number of ketones is 1. The fraction of sp³-hybridized carbons (Fsp3) is 0.345. The van der Waals surface area contributed by atoms with Crippen LogP contribution in [0.15, 0.2) is 36.9 Å². The maximum absolute atomic E-state index is 14.1. The van der Waals surface area contributed by atoms with E-state index in [-0.39, 0.29) is 28.4 Å². The first-order valence-corrected chi connectivity index (χ1v) is 14.0. The summed E-state index contributed by atoms with van der Waals surface area (Å²) in [6, 6.07) is 3.90. The topological polar surface area (TPSA) is 133 Å². The molecule has 3 aromatic rings. The summed E-state index contributed by atoms with van der Waals surface area (Å²) in [5.41, 5.74) is 1.13. The van der Waals surface area contributed by atoms with Crippen molar-refractivity contribution < 1.29 is 23.6 Å². The van der Waals surface area contributed by atoms with Crippen LogP contribution in [0.25, 0.3) is 23.1 Å². The molecule has 3 amide bonds. The van der Waals surface area contributed by atoms with Crippen molar-refractivity contribution in [1.82, 2.24) is 25.9 Å². The van der Waals surface area contributed by atoms with Crippen LogP contribution < -0.4 is 16.0 Å². The zero-order valence-electron chi connectivity index (χ0n) is 22.4. The van der Waals surface area contributed by atoms with E-state index in [4.69, 9.17) is 0 Å². The van der Waals surface area contributed by atoms with Gasteiger partial charge < -0.3 is 20.9 Å². The Bertz CT molecular complexity index is 1480. The molecule has 4 rings (SSSR count). The summed E-state index contributed by atoms with van der Waals surface area (Å²) in [7, 11) is 0. The Kier molecular flexibility index (Phi) is 9.26. The van der Waals surface area contributed by atoms with Crippen molar-refractivity contribution in [3.05, 3.63) is 64.0 Å². The van der Waals surface area contributed by atoms with Gasteiger partial charge in [-0.1, -0.05) is 32.1 Å². The molecule has 0 unspecified atom stereocenters. The van der Waals surface area contributed by atoms with Crippen LogP contribution in [0.3, 0.4) is 0 Å². The van der Waals surface area contributed by atoms with Crippen molar-refractivity contribution in [3.8, 4) is 0 Å². The lowest BCUT2D eigenvalue weighted by atomic mass is 9.95. The summed E-state index contributed by atoms with van der Waals surface area (Å²) in [5.74, 6) is -2.62. The van der Waals surface area contributed by atoms with Crippen molar-refractivity contribution in [2.24, 2.45) is 5.92 Å². The number of hydrogen-bond acceptors (Lipinski definition) is 6. The third-order valence-corrected chi connectivity index (χ3v) is 7.82. The Labute approximate surface area is 235 Å². The molecule has 2 aromatic heterocycles. The number of Topliss-reactive ketones (excluding diaryl/α,β-unsaturated/α-hetero) is 1. The van der Waals surface area contributed by atoms with Crippen LogP contribution in [0.2, 0.25) is 0 Å². The van der Waals surface area contributed by atoms with E-state index in [0.29, 0.717) is 37.0 Å². The minimum atomic E-state index is -1.03. The molecule has 1 aliphatic rings. The number of H-pyrrole nitrogens is 1. The molecule has 0 saturated carbocycles. The number of allylic oxidation sites excluding steroid dienone is 1. The molecule has 3 heterocycles. The highest BCUT2D eigenvalue weighted by molar-refractivity contribution is 7.14. The van der Waals surface area contributed by atoms with Crippen LogP contribution in [-0.2, 0) is 9.59 Å². The Morgan fingerprint density at radius 2 is 2.08 bits per heavy atom. The zero-order valence-corrected chi connectivity index (χ0v) is 23.2. The van der Waals surface area contributed by atoms with Crippen molar-refractivity contribution in [2.75, 3.05) is 6.54 Å². The number of fused-ring (bicyclic) bond motifs is 1. The number of aromatic nitrogens is 2. The lowest BCUT2D eigenvalue weighted by Gasteiger charge is -2.23. The van der Waals surface area contributed by atoms with Crippen LogP contribution in [0, 0.1) is 11.7 Å². The number of amides is 3. The summed E-state index contributed by atoms with van der Waals surface area (Å²) in [6.45, 7) is 7.98. The number of benzene rings is 1. The number of carbonyl (C=O) groups is 4. The Balaban J connectivity index is 1.56. The van der Waals surface area contributed by atoms with Gasteiger partial charge in [0.1, 0.15) is 17.6 Å². The molecule has 1 saturated heterocycles. The summed E-state index contributed by atoms with van der Waals surface area (Å²) in [5, 5.41) is 8.73. The average Bonchev–Trinajstić information content (AvgIpc) is 3.67. The lowest BCUT2D eigenvalue weighted by Crippen LogP contribution is -2.52. The second kappa shape index (κ2) is 12.8. The highest BCUT2D eigenvalue weighted by atomic mass is 32.1. The second-order valence-corrected chi connectivity index (χ2v) is 10.6. The predicted molar refractivity (Wildman–Crippen MR) is 153 cm³/mol. The summed E-state index contributed by atoms with van der Waals surface area (Å²) in [6.07, 6.45) is 6.74. The van der Waals surface area contributed by atoms with Gasteiger partial charge >= 0.3 is 0 Å². The molecule has 1 aromatic carbocycles. The zero-order chi connectivity index (χ0) is 28.8. The van der Waals surface area contributed by atoms with Crippen molar-refractivity contribution in [1.29, 1.82) is 0 Å². The quantitative estimate of drug-likeness (QED) is 0.244. The van der Waals surface area contributed by atoms with Gasteiger partial charge in [0.2, 0.25) is 17.6 Å². The van der Waals surface area contributed by atoms with Crippen molar-refractivity contribution in [2.45, 2.75) is 51.6 Å². The van der Waals surface area contributed by atoms with Crippen LogP contribution in [-0.4, -0.2) is 52.1 Å². The molecule has 210 valence electrons. The maximum atomic E-state index is 14.1. The SMILES string of the molecule is C=Cc1nc(C(=O)[C@H](C[C@@H]2CCNC2=O)NC(=O)[C@H](CCC)NC(=O)c2cc3c(F)cccc3[nH]2)sc1/C=C\C. The van der Waals surface area contributed by atoms with Crippen molar-refractivity contribution >= 4 is 57.9 Å². The number of nitrogens with one attached hydrogen (secondary N) is 4. The fourth-order valence-corrected chi connectivity index (χ4v) is 5.74. The number of thiazole rings is 1. The van der Waals surface area contributed by atoms with E-state index in [2.05, 4.69) is 32.5 Å². The van der Waals surface area contributed by atoms with Gasteiger partial charge in [-0.15, -0.1) is 11.3 Å². The van der Waals surface area contributed by atoms with Gasteiger partial charge in [-0.25, -0.2) is 9.37 Å². The largest absolute Gasteiger partial charge is 0.356 e. The van der Waals surface area contributed by atoms with E-state index in [1.54, 1.807) is 12.1 Å². The van der Waals surface area contributed by atoms with E-state index < -0.39 is 41.4 Å². The van der Waals surface area contributed by atoms with E-state index in [1.165, 1.54) is 29.5 Å². The minimum absolute atomic E-state index is 0.104. The van der Waals surface area contributed by atoms with Gasteiger partial charge in [-0.2, -0.15) is 0 Å². The van der Waals surface area contributed by atoms with Gasteiger partial charge in [-0.05, 0) is 56.5 Å². The molecule has 40 heavy (non-hydrogen) atoms. The predicted octanol–water partition coefficient (Wildman–Crippen LogP) is 4.23. The molecule has 11 heteroatoms. The molecule has 4 N–H and O–H groups in total. The van der Waals surface area contributed by atoms with Gasteiger partial charge in [0, 0.05) is 23.4 Å². The molecule has 0 aliphatic carbocycles. The van der Waals surface area contributed by atoms with Crippen LogP contribution in [0.1, 0.15) is 70.4 Å². The maximum Gasteiger partial charge on any atom is 0.268 e. The third kappa shape index (κ3) is 6.36. The second-order valence-electron chi connectivity index (χ2n) is 9.61. The van der Waals surface area contributed by atoms with Crippen LogP contribution in [0.5, 0.6) is 0 Å². The van der Waals surface area contributed by atoms with Gasteiger partial charge in [-0.3, -0.25) is 19.2 Å². The van der Waals surface area contributed by atoms with Crippen LogP contribution >= 0.6 is 11.3 Å². The van der Waals surface area contributed by atoms with E-state index >= 15 is 0 Å². The number of rotatable bonds is 12. The van der Waals surface area contributed by atoms with Crippen molar-refractivity contribution in [3.63, 3.8) is 0 Å². The Hall–Kier alpha value is -4.12. The lowest BCUT2D eigenvalue weighted by molar-refractivity contribution is -0.125. The molecule has 0 spiro atoms. The number of carbonyl (C=O) groups excluding carboxylic acids is 4. The van der Waals surface area contributed by atoms with Crippen LogP contribution in [0.4, 0.5) is 4.39 Å². The number of aromatic amines is 1. The molecular weight excluding hydrogens is 533 g/mol. The van der Waals surface area contributed by atoms with E-state index in [1.807, 2.05) is 26.0 Å². The summed E-state index contributed by atoms with van der Waals surface area (Å²) < 4.78 is 14.1. The number of halogens is 1. The normalized spacial score (nSPS) is 16.6. The van der Waals surface area contributed by atoms with Gasteiger partial charge in [0.25, 0.3) is 5.91 Å². The molecule has 9 nitrogen and oxygen atoms in total. The number of hydrogen-bond donors (Lipinski definition) is 4. The molecule has 1 fully saturated rings. The Morgan fingerprint density at radius 1 is 1.27 bits per heavy atom. The van der Waals surface area contributed by atoms with Gasteiger partial charge in [0.05, 0.1) is 16.6 Å². The smallest absolute Gasteiger partial charge is 0.268 e. The highest BCUT2D eigenvalue weighted by Gasteiger charge is 2.34. The first-order chi connectivity index (χ1) is 19.2. The standard InChI is InChI=1S/C29H32FN5O4S/c1-4-8-21(33-28(39)23-15-17-18(30)10-7-11-20(17)32-23)27(38)34-22(14-16-12-13-31-26(16)37)25(36)29-35-19(6-3)24(40-29)9-5-2/h5-7,9-11,15-16,21-22,32H,3-4,8,12-14H2,1-2H3,(H,31,37)(H,33,39)(H,34,38)/b9-5-/t16-,21-,22-/m0/s1. The molecule has 3 atom stereocenters. The van der Waals surface area contributed by atoms with Gasteiger partial charge in [0.15, 0.2) is 5.01 Å². The first kappa shape index (κ1) is 28.9. The summed E-state index contributed by atoms with van der Waals surface area (Å²) in [4.78, 5) is 60.5. The molecular formula is C29H32FN5O4S. The number of nitrogens with zero attached hydrogens (tertiary/aromatic N) is 1. The van der Waals surface area contributed by atoms with E-state index in [0.717, 1.165) is 4.88 Å². The monoisotopic (exact) mass is 565 g/mol. The van der Waals surface area contributed by atoms with E-state index in [9.17, 15) is 23.6 Å². The average molecular weight is 566 g/mol. The molecule has 0 radical (unpaired) electrons. The molecule has 0 bridgehead atoms. The molecule has 1 aliphatic heterocycles. The first-order valence-electron chi connectivity index (χ1n) is 13.2.